The van der Waals surface area contributed by atoms with Gasteiger partial charge in [0.1, 0.15) is 23.1 Å². The molecule has 5 heteroatoms. The van der Waals surface area contributed by atoms with E-state index in [1.807, 2.05) is 51.1 Å². The molecule has 4 rings (SSSR count). The first-order valence-corrected chi connectivity index (χ1v) is 11.3. The molecule has 0 fully saturated rings. The van der Waals surface area contributed by atoms with Crippen LogP contribution in [0.15, 0.2) is 84.1 Å². The Bertz CT molecular complexity index is 1410. The summed E-state index contributed by atoms with van der Waals surface area (Å²) in [5.74, 6) is -0.922. The minimum atomic E-state index is -0.839. The lowest BCUT2D eigenvalue weighted by Gasteiger charge is -2.30. The van der Waals surface area contributed by atoms with Crippen molar-refractivity contribution in [3.63, 3.8) is 0 Å². The topological polar surface area (TPSA) is 72.5 Å². The molecule has 0 amide bonds. The number of aliphatic hydroxyl groups excluding tert-OH is 1. The molecule has 0 saturated carbocycles. The molecule has 1 aliphatic rings. The van der Waals surface area contributed by atoms with Gasteiger partial charge >= 0.3 is 0 Å². The van der Waals surface area contributed by atoms with Crippen molar-refractivity contribution in [3.05, 3.63) is 123 Å². The highest BCUT2D eigenvalue weighted by molar-refractivity contribution is 6.03. The van der Waals surface area contributed by atoms with Crippen molar-refractivity contribution in [1.29, 1.82) is 0 Å². The quantitative estimate of drug-likeness (QED) is 0.410. The Morgan fingerprint density at radius 2 is 1.63 bits per heavy atom. The lowest BCUT2D eigenvalue weighted by atomic mass is 9.78. The van der Waals surface area contributed by atoms with Crippen LogP contribution in [0.4, 0.5) is 4.39 Å². The van der Waals surface area contributed by atoms with Crippen LogP contribution in [-0.4, -0.2) is 10.9 Å². The number of nitrogens with two attached hydrogens (primary N) is 1. The Morgan fingerprint density at radius 1 is 1.00 bits per heavy atom. The normalized spacial score (nSPS) is 14.7. The second-order valence-electron chi connectivity index (χ2n) is 8.97. The van der Waals surface area contributed by atoms with Crippen molar-refractivity contribution in [2.75, 3.05) is 0 Å². The van der Waals surface area contributed by atoms with Gasteiger partial charge in [-0.15, -0.1) is 0 Å². The van der Waals surface area contributed by atoms with Crippen LogP contribution in [-0.2, 0) is 4.79 Å². The average molecular weight is 470 g/mol. The summed E-state index contributed by atoms with van der Waals surface area (Å²) in [5, 5.41) is 11.5. The van der Waals surface area contributed by atoms with E-state index in [0.29, 0.717) is 22.4 Å². The van der Waals surface area contributed by atoms with Gasteiger partial charge in [0.2, 0.25) is 0 Å². The minimum Gasteiger partial charge on any atom is -0.507 e. The fourth-order valence-electron chi connectivity index (χ4n) is 4.53. The lowest BCUT2D eigenvalue weighted by molar-refractivity contribution is -0.113. The van der Waals surface area contributed by atoms with Crippen LogP contribution >= 0.6 is 0 Å². The van der Waals surface area contributed by atoms with E-state index in [-0.39, 0.29) is 28.6 Å². The summed E-state index contributed by atoms with van der Waals surface area (Å²) in [6, 6.07) is 17.1. The van der Waals surface area contributed by atoms with Crippen LogP contribution in [0.25, 0.3) is 11.5 Å². The van der Waals surface area contributed by atoms with Crippen LogP contribution < -0.4 is 10.5 Å². The van der Waals surface area contributed by atoms with Gasteiger partial charge in [0, 0.05) is 28.3 Å². The number of aryl methyl sites for hydroxylation is 3. The summed E-state index contributed by atoms with van der Waals surface area (Å²) in [7, 11) is 0. The second-order valence-corrected chi connectivity index (χ2v) is 8.97. The van der Waals surface area contributed by atoms with E-state index in [1.165, 1.54) is 19.1 Å². The SMILES string of the molecule is C=C1Oc2ccc(C)cc2C(O)=C1C(/C(C(C)=O)=C(\N)c1cc(C)ccc1C)c1ccc(F)cc1. The molecule has 1 heterocycles. The third kappa shape index (κ3) is 4.50. The van der Waals surface area contributed by atoms with E-state index in [2.05, 4.69) is 6.58 Å². The van der Waals surface area contributed by atoms with E-state index in [9.17, 15) is 14.3 Å². The highest BCUT2D eigenvalue weighted by atomic mass is 19.1. The number of fused-ring (bicyclic) bond motifs is 1. The van der Waals surface area contributed by atoms with Crippen molar-refractivity contribution in [3.8, 4) is 5.75 Å². The standard InChI is InChI=1S/C30H28FNO3/c1-16-6-8-18(3)23(14-16)29(32)26(19(4)33)28(21-9-11-22(31)12-10-21)27-20(5)35-25-13-7-17(2)15-24(25)30(27)34/h6-15,28,34H,5,32H2,1-4H3/b29-26-. The molecule has 3 aromatic rings. The summed E-state index contributed by atoms with van der Waals surface area (Å²) in [4.78, 5) is 13.2. The van der Waals surface area contributed by atoms with Crippen molar-refractivity contribution < 1.29 is 19.0 Å². The molecule has 0 saturated heterocycles. The summed E-state index contributed by atoms with van der Waals surface area (Å²) in [6.07, 6.45) is 0. The minimum absolute atomic E-state index is 0.0539. The molecule has 3 aromatic carbocycles. The van der Waals surface area contributed by atoms with Gasteiger partial charge in [-0.1, -0.05) is 48.0 Å². The van der Waals surface area contributed by atoms with E-state index < -0.39 is 11.7 Å². The summed E-state index contributed by atoms with van der Waals surface area (Å²) in [6.45, 7) is 11.3. The van der Waals surface area contributed by atoms with E-state index >= 15 is 0 Å². The third-order valence-corrected chi connectivity index (χ3v) is 6.31. The first-order chi connectivity index (χ1) is 16.6. The van der Waals surface area contributed by atoms with Crippen LogP contribution in [0.3, 0.4) is 0 Å². The molecular formula is C30H28FNO3. The van der Waals surface area contributed by atoms with Gasteiger partial charge in [-0.2, -0.15) is 0 Å². The molecule has 35 heavy (non-hydrogen) atoms. The smallest absolute Gasteiger partial charge is 0.158 e. The first-order valence-electron chi connectivity index (χ1n) is 11.3. The summed E-state index contributed by atoms with van der Waals surface area (Å²) < 4.78 is 19.9. The Morgan fingerprint density at radius 3 is 2.29 bits per heavy atom. The van der Waals surface area contributed by atoms with E-state index in [0.717, 1.165) is 22.3 Å². The highest BCUT2D eigenvalue weighted by Gasteiger charge is 2.35. The van der Waals surface area contributed by atoms with Gasteiger partial charge in [0.25, 0.3) is 0 Å². The Hall–Kier alpha value is -4.12. The molecule has 0 aromatic heterocycles. The van der Waals surface area contributed by atoms with E-state index in [4.69, 9.17) is 10.5 Å². The number of halogens is 1. The maximum atomic E-state index is 13.9. The zero-order valence-electron chi connectivity index (χ0n) is 20.3. The number of ketones is 1. The number of allylic oxidation sites excluding steroid dienone is 2. The molecule has 0 aliphatic carbocycles. The van der Waals surface area contributed by atoms with Crippen molar-refractivity contribution in [2.45, 2.75) is 33.6 Å². The maximum Gasteiger partial charge on any atom is 0.158 e. The number of aliphatic hydroxyl groups is 1. The zero-order chi connectivity index (χ0) is 25.4. The molecular weight excluding hydrogens is 441 g/mol. The largest absolute Gasteiger partial charge is 0.507 e. The molecule has 3 N–H and O–H groups in total. The maximum absolute atomic E-state index is 13.9. The number of benzene rings is 3. The molecule has 4 nitrogen and oxygen atoms in total. The van der Waals surface area contributed by atoms with Gasteiger partial charge in [0.15, 0.2) is 5.78 Å². The van der Waals surface area contributed by atoms with E-state index in [1.54, 1.807) is 18.2 Å². The van der Waals surface area contributed by atoms with Crippen LogP contribution in [0.5, 0.6) is 5.75 Å². The summed E-state index contributed by atoms with van der Waals surface area (Å²) >= 11 is 0. The fourth-order valence-corrected chi connectivity index (χ4v) is 4.53. The second kappa shape index (κ2) is 9.26. The number of rotatable bonds is 5. The monoisotopic (exact) mass is 469 g/mol. The number of carbonyl (C=O) groups is 1. The molecule has 0 spiro atoms. The Labute approximate surface area is 204 Å². The summed E-state index contributed by atoms with van der Waals surface area (Å²) in [5.41, 5.74) is 12.2. The first kappa shape index (κ1) is 24.0. The van der Waals surface area contributed by atoms with Crippen molar-refractivity contribution in [1.82, 2.24) is 0 Å². The van der Waals surface area contributed by atoms with Gasteiger partial charge in [-0.05, 0) is 69.2 Å². The number of ether oxygens (including phenoxy) is 1. The highest BCUT2D eigenvalue weighted by Crippen LogP contribution is 2.46. The molecule has 0 radical (unpaired) electrons. The molecule has 178 valence electrons. The molecule has 1 aliphatic heterocycles. The fraction of sp³-hybridized carbons (Fsp3) is 0.167. The zero-order valence-corrected chi connectivity index (χ0v) is 20.3. The van der Waals surface area contributed by atoms with Crippen LogP contribution in [0.2, 0.25) is 0 Å². The molecule has 1 unspecified atom stereocenters. The lowest BCUT2D eigenvalue weighted by Crippen LogP contribution is -2.22. The average Bonchev–Trinajstić information content (AvgIpc) is 2.80. The Kier molecular flexibility index (Phi) is 6.35. The van der Waals surface area contributed by atoms with Crippen LogP contribution in [0.1, 0.15) is 46.2 Å². The van der Waals surface area contributed by atoms with Gasteiger partial charge in [-0.3, -0.25) is 4.79 Å². The number of hydrogen-bond acceptors (Lipinski definition) is 4. The predicted molar refractivity (Wildman–Crippen MR) is 137 cm³/mol. The van der Waals surface area contributed by atoms with Gasteiger partial charge in [-0.25, -0.2) is 4.39 Å². The van der Waals surface area contributed by atoms with Crippen molar-refractivity contribution >= 4 is 17.2 Å². The molecule has 1 atom stereocenters. The Balaban J connectivity index is 2.07. The third-order valence-electron chi connectivity index (χ3n) is 6.31. The number of hydrogen-bond donors (Lipinski definition) is 2. The van der Waals surface area contributed by atoms with Gasteiger partial charge in [0.05, 0.1) is 5.56 Å². The van der Waals surface area contributed by atoms with Gasteiger partial charge < -0.3 is 15.6 Å². The predicted octanol–water partition coefficient (Wildman–Crippen LogP) is 6.67. The molecule has 0 bridgehead atoms. The van der Waals surface area contributed by atoms with Crippen molar-refractivity contribution in [2.24, 2.45) is 5.73 Å². The number of Topliss-reactive ketones (excluding diaryl/α,β-unsaturated/α-hetero) is 1. The van der Waals surface area contributed by atoms with Crippen LogP contribution in [0, 0.1) is 26.6 Å². The number of carbonyl (C=O) groups excluding carboxylic acids is 1.